The maximum Gasteiger partial charge on any atom is 0.408 e. The van der Waals surface area contributed by atoms with E-state index in [4.69, 9.17) is 4.74 Å². The Morgan fingerprint density at radius 2 is 1.43 bits per heavy atom. The van der Waals surface area contributed by atoms with Gasteiger partial charge in [0.15, 0.2) is 0 Å². The number of amides is 5. The number of ether oxygens (including phenoxy) is 1. The van der Waals surface area contributed by atoms with Gasteiger partial charge in [-0.1, -0.05) is 78.8 Å². The Hall–Kier alpha value is -3.32. The number of aliphatic hydroxyl groups is 1. The summed E-state index contributed by atoms with van der Waals surface area (Å²) in [5, 5.41) is 25.4. The lowest BCUT2D eigenvalue weighted by Gasteiger charge is -2.30. The van der Waals surface area contributed by atoms with Crippen LogP contribution in [0.2, 0.25) is 0 Å². The minimum Gasteiger partial charge on any atom is -0.444 e. The average molecular weight is 736 g/mol. The normalized spacial score (nSPS) is 16.6. The van der Waals surface area contributed by atoms with Crippen molar-refractivity contribution in [1.29, 1.82) is 0 Å². The van der Waals surface area contributed by atoms with Crippen LogP contribution < -0.4 is 26.6 Å². The summed E-state index contributed by atoms with van der Waals surface area (Å²) in [5.74, 6) is -2.04. The first-order chi connectivity index (χ1) is 23.7. The average Bonchev–Trinajstić information content (AvgIpc) is 3.30. The highest BCUT2D eigenvalue weighted by atomic mass is 32.2. The number of hydrogen-bond donors (Lipinski definition) is 6. The zero-order valence-electron chi connectivity index (χ0n) is 32.6. The van der Waals surface area contributed by atoms with E-state index in [1.54, 1.807) is 41.5 Å². The van der Waals surface area contributed by atoms with Gasteiger partial charge in [-0.25, -0.2) is 4.79 Å². The third kappa shape index (κ3) is 18.1. The van der Waals surface area contributed by atoms with Crippen molar-refractivity contribution in [1.82, 2.24) is 26.6 Å². The van der Waals surface area contributed by atoms with Crippen molar-refractivity contribution in [2.75, 3.05) is 18.6 Å². The van der Waals surface area contributed by atoms with E-state index in [-0.39, 0.29) is 41.7 Å². The number of carbonyl (C=O) groups excluding carboxylic acids is 5. The molecule has 1 aliphatic carbocycles. The van der Waals surface area contributed by atoms with Gasteiger partial charge in [-0.2, -0.15) is 11.8 Å². The van der Waals surface area contributed by atoms with E-state index < -0.39 is 59.7 Å². The molecule has 0 saturated heterocycles. The molecular formula is C38H65N5O7S. The smallest absolute Gasteiger partial charge is 0.408 e. The highest BCUT2D eigenvalue weighted by molar-refractivity contribution is 7.98. The molecule has 0 bridgehead atoms. The van der Waals surface area contributed by atoms with Gasteiger partial charge in [0.25, 0.3) is 0 Å². The number of thioether (sulfide) groups is 1. The molecule has 6 atom stereocenters. The predicted molar refractivity (Wildman–Crippen MR) is 205 cm³/mol. The van der Waals surface area contributed by atoms with Gasteiger partial charge in [0.05, 0.1) is 12.1 Å². The lowest BCUT2D eigenvalue weighted by Crippen LogP contribution is -2.58. The minimum atomic E-state index is -0.963. The first kappa shape index (κ1) is 45.7. The fourth-order valence-electron chi connectivity index (χ4n) is 5.33. The molecule has 0 unspecified atom stereocenters. The Labute approximate surface area is 310 Å². The monoisotopic (exact) mass is 735 g/mol. The standard InChI is InChI=1S/C38H65N5O7S/c1-23(2)20-28(40-34(46)29(22-51-11)41-36(48)32(25(5)6)43-37(49)50-38(8,9)10)30(44)19-18-26(7)33(45)42-31(24(3)4)35(47)39-21-27-16-14-12-13-15-17-27/h12-16,23-26,28-32,44H,17-22H2,1-11H3,(H,39,47)(H,40,46)(H,41,48)(H,42,45)(H,43,49)/t26-,28+,29+,30+,31+,32+/m1/s1. The van der Waals surface area contributed by atoms with Gasteiger partial charge in [-0.15, -0.1) is 0 Å². The number of alkyl carbamates (subject to hydrolysis) is 1. The Balaban J connectivity index is 2.88. The molecule has 0 spiro atoms. The van der Waals surface area contributed by atoms with Crippen molar-refractivity contribution in [3.05, 3.63) is 36.0 Å². The van der Waals surface area contributed by atoms with E-state index in [1.807, 2.05) is 64.3 Å². The first-order valence-corrected chi connectivity index (χ1v) is 19.5. The predicted octanol–water partition coefficient (Wildman–Crippen LogP) is 4.39. The molecule has 51 heavy (non-hydrogen) atoms. The summed E-state index contributed by atoms with van der Waals surface area (Å²) in [7, 11) is 0. The molecule has 0 aliphatic heterocycles. The van der Waals surface area contributed by atoms with Crippen LogP contribution in [0.5, 0.6) is 0 Å². The van der Waals surface area contributed by atoms with Gasteiger partial charge in [-0.05, 0) is 76.0 Å². The van der Waals surface area contributed by atoms with Crippen molar-refractivity contribution >= 4 is 41.5 Å². The number of allylic oxidation sites excluding steroid dienone is 5. The zero-order chi connectivity index (χ0) is 38.9. The van der Waals surface area contributed by atoms with Crippen LogP contribution in [-0.2, 0) is 23.9 Å². The van der Waals surface area contributed by atoms with Crippen LogP contribution in [0, 0.1) is 23.7 Å². The topological polar surface area (TPSA) is 175 Å². The molecule has 0 aromatic carbocycles. The lowest BCUT2D eigenvalue weighted by molar-refractivity contribution is -0.132. The first-order valence-electron chi connectivity index (χ1n) is 18.1. The summed E-state index contributed by atoms with van der Waals surface area (Å²) in [5.41, 5.74) is 0.316. The van der Waals surface area contributed by atoms with Gasteiger partial charge < -0.3 is 36.4 Å². The summed E-state index contributed by atoms with van der Waals surface area (Å²) in [4.78, 5) is 65.5. The van der Waals surface area contributed by atoms with Crippen LogP contribution in [0.15, 0.2) is 36.0 Å². The van der Waals surface area contributed by atoms with Crippen LogP contribution in [0.1, 0.15) is 94.9 Å². The molecule has 5 amide bonds. The highest BCUT2D eigenvalue weighted by Gasteiger charge is 2.33. The fraction of sp³-hybridized carbons (Fsp3) is 0.711. The van der Waals surface area contributed by atoms with E-state index in [1.165, 1.54) is 11.8 Å². The Bertz CT molecular complexity index is 1240. The SMILES string of the molecule is CSC[C@H](NC(=O)[C@@H](NC(=O)OC(C)(C)C)C(C)C)C(=O)N[C@@H](CC(C)C)[C@@H](O)CC[C@@H](C)C(=O)N[C@H](C(=O)NCC1=CC=CC=CC1)C(C)C. The van der Waals surface area contributed by atoms with Crippen molar-refractivity contribution in [2.24, 2.45) is 23.7 Å². The van der Waals surface area contributed by atoms with E-state index >= 15 is 0 Å². The summed E-state index contributed by atoms with van der Waals surface area (Å²) in [6.07, 6.45) is 11.7. The number of aliphatic hydroxyl groups excluding tert-OH is 1. The molecule has 0 saturated carbocycles. The van der Waals surface area contributed by atoms with Gasteiger partial charge in [-0.3, -0.25) is 19.2 Å². The van der Waals surface area contributed by atoms with Crippen LogP contribution in [0.4, 0.5) is 4.79 Å². The quantitative estimate of drug-likeness (QED) is 0.107. The number of rotatable bonds is 20. The van der Waals surface area contributed by atoms with Crippen LogP contribution >= 0.6 is 11.8 Å². The van der Waals surface area contributed by atoms with Gasteiger partial charge >= 0.3 is 6.09 Å². The van der Waals surface area contributed by atoms with E-state index in [9.17, 15) is 29.1 Å². The lowest BCUT2D eigenvalue weighted by atomic mass is 9.92. The largest absolute Gasteiger partial charge is 0.444 e. The summed E-state index contributed by atoms with van der Waals surface area (Å²) >= 11 is 1.38. The summed E-state index contributed by atoms with van der Waals surface area (Å²) < 4.78 is 5.32. The van der Waals surface area contributed by atoms with E-state index in [0.29, 0.717) is 19.4 Å². The van der Waals surface area contributed by atoms with Crippen molar-refractivity contribution in [2.45, 2.75) is 131 Å². The molecule has 1 aliphatic rings. The molecule has 12 nitrogen and oxygen atoms in total. The minimum absolute atomic E-state index is 0.133. The van der Waals surface area contributed by atoms with Crippen molar-refractivity contribution in [3.8, 4) is 0 Å². The maximum absolute atomic E-state index is 13.6. The second-order valence-electron chi connectivity index (χ2n) is 15.5. The second-order valence-corrected chi connectivity index (χ2v) is 16.4. The molecule has 0 aromatic rings. The molecule has 13 heteroatoms. The van der Waals surface area contributed by atoms with E-state index in [2.05, 4.69) is 26.6 Å². The summed E-state index contributed by atoms with van der Waals surface area (Å²) in [6, 6.07) is -3.20. The van der Waals surface area contributed by atoms with Crippen molar-refractivity contribution in [3.63, 3.8) is 0 Å². The molecular weight excluding hydrogens is 671 g/mol. The number of hydrogen-bond acceptors (Lipinski definition) is 8. The van der Waals surface area contributed by atoms with Gasteiger partial charge in [0, 0.05) is 18.2 Å². The van der Waals surface area contributed by atoms with Crippen LogP contribution in [0.25, 0.3) is 0 Å². The molecule has 0 heterocycles. The molecule has 0 aromatic heterocycles. The van der Waals surface area contributed by atoms with Crippen LogP contribution in [-0.4, -0.2) is 89.3 Å². The van der Waals surface area contributed by atoms with E-state index in [0.717, 1.165) is 12.0 Å². The van der Waals surface area contributed by atoms with Crippen LogP contribution in [0.3, 0.4) is 0 Å². The van der Waals surface area contributed by atoms with Crippen molar-refractivity contribution < 1.29 is 33.8 Å². The zero-order valence-corrected chi connectivity index (χ0v) is 33.4. The number of nitrogens with one attached hydrogen (secondary N) is 5. The summed E-state index contributed by atoms with van der Waals surface area (Å²) in [6.45, 7) is 18.6. The molecule has 0 fully saturated rings. The van der Waals surface area contributed by atoms with Gasteiger partial charge in [0.2, 0.25) is 23.6 Å². The number of carbonyl (C=O) groups is 5. The maximum atomic E-state index is 13.6. The molecule has 290 valence electrons. The van der Waals surface area contributed by atoms with Gasteiger partial charge in [0.1, 0.15) is 23.7 Å². The fourth-order valence-corrected chi connectivity index (χ4v) is 5.90. The third-order valence-corrected chi connectivity index (χ3v) is 8.92. The molecule has 1 rings (SSSR count). The second kappa shape index (κ2) is 22.6. The Kier molecular flexibility index (Phi) is 20.2. The Morgan fingerprint density at radius 3 is 2.00 bits per heavy atom. The third-order valence-electron chi connectivity index (χ3n) is 8.26. The molecule has 6 N–H and O–H groups in total. The Morgan fingerprint density at radius 1 is 0.804 bits per heavy atom. The highest BCUT2D eigenvalue weighted by Crippen LogP contribution is 2.18. The molecule has 0 radical (unpaired) electrons.